The van der Waals surface area contributed by atoms with Gasteiger partial charge >= 0.3 is 0 Å². The number of benzene rings is 4. The Morgan fingerprint density at radius 1 is 0.837 bits per heavy atom. The SMILES string of the molecule is COc1ccc(S(=O)(=O)N(CC(=O)N(Cc2ccccc2F)[C@@H](Cc2ccccc2)C(=O)NC2CCCCC2)c2ccccc2OC)cc1. The Bertz CT molecular complexity index is 1810. The van der Waals surface area contributed by atoms with Crippen LogP contribution in [0.15, 0.2) is 108 Å². The van der Waals surface area contributed by atoms with Gasteiger partial charge in [0.1, 0.15) is 29.9 Å². The third-order valence-corrected chi connectivity index (χ3v) is 10.6. The third kappa shape index (κ3) is 8.77. The number of rotatable bonds is 14. The zero-order valence-corrected chi connectivity index (χ0v) is 28.6. The number of hydrogen-bond acceptors (Lipinski definition) is 6. The third-order valence-electron chi connectivity index (χ3n) is 8.80. The molecule has 1 aliphatic carbocycles. The highest BCUT2D eigenvalue weighted by atomic mass is 32.2. The second-order valence-corrected chi connectivity index (χ2v) is 13.9. The van der Waals surface area contributed by atoms with Gasteiger partial charge in [0.25, 0.3) is 10.0 Å². The monoisotopic (exact) mass is 687 g/mol. The molecular formula is C38H42FN3O6S. The smallest absolute Gasteiger partial charge is 0.264 e. The number of hydrogen-bond donors (Lipinski definition) is 1. The van der Waals surface area contributed by atoms with Crippen LogP contribution in [0.5, 0.6) is 11.5 Å². The predicted octanol–water partition coefficient (Wildman–Crippen LogP) is 6.13. The average Bonchev–Trinajstić information content (AvgIpc) is 3.13. The predicted molar refractivity (Wildman–Crippen MR) is 186 cm³/mol. The van der Waals surface area contributed by atoms with Crippen LogP contribution in [0, 0.1) is 5.82 Å². The molecule has 0 unspecified atom stereocenters. The van der Waals surface area contributed by atoms with Crippen molar-refractivity contribution in [2.24, 2.45) is 0 Å². The summed E-state index contributed by atoms with van der Waals surface area (Å²) >= 11 is 0. The van der Waals surface area contributed by atoms with E-state index in [9.17, 15) is 18.0 Å². The number of nitrogens with zero attached hydrogens (tertiary/aromatic N) is 2. The fourth-order valence-corrected chi connectivity index (χ4v) is 7.56. The summed E-state index contributed by atoms with van der Waals surface area (Å²) < 4.78 is 55.6. The standard InChI is InChI=1S/C38H42FN3O6S/c1-47-31-21-23-32(24-22-31)49(45,46)42(34-19-11-12-20-36(34)48-2)27-37(43)41(26-29-15-9-10-18-33(29)39)35(25-28-13-5-3-6-14-28)38(44)40-30-16-7-4-8-17-30/h3,5-6,9-15,18-24,30,35H,4,7-8,16-17,25-27H2,1-2H3,(H,40,44)/t35-/m0/s1. The molecule has 0 spiro atoms. The summed E-state index contributed by atoms with van der Waals surface area (Å²) in [6, 6.07) is 26.5. The molecule has 5 rings (SSSR count). The van der Waals surface area contributed by atoms with E-state index < -0.39 is 34.3 Å². The molecule has 0 bridgehead atoms. The molecular weight excluding hydrogens is 645 g/mol. The molecule has 0 heterocycles. The fourth-order valence-electron chi connectivity index (χ4n) is 6.13. The highest BCUT2D eigenvalue weighted by Crippen LogP contribution is 2.33. The van der Waals surface area contributed by atoms with E-state index in [1.165, 1.54) is 49.5 Å². The minimum Gasteiger partial charge on any atom is -0.497 e. The maximum atomic E-state index is 15.2. The van der Waals surface area contributed by atoms with Gasteiger partial charge in [0.15, 0.2) is 0 Å². The van der Waals surface area contributed by atoms with E-state index in [4.69, 9.17) is 9.47 Å². The first-order valence-electron chi connectivity index (χ1n) is 16.4. The van der Waals surface area contributed by atoms with E-state index in [1.807, 2.05) is 30.3 Å². The zero-order valence-electron chi connectivity index (χ0n) is 27.8. The lowest BCUT2D eigenvalue weighted by molar-refractivity contribution is -0.140. The number of carbonyl (C=O) groups excluding carboxylic acids is 2. The summed E-state index contributed by atoms with van der Waals surface area (Å²) in [5.41, 5.74) is 1.12. The van der Waals surface area contributed by atoms with Gasteiger partial charge in [-0.2, -0.15) is 0 Å². The van der Waals surface area contributed by atoms with E-state index in [0.717, 1.165) is 42.0 Å². The van der Waals surface area contributed by atoms with Gasteiger partial charge < -0.3 is 19.7 Å². The van der Waals surface area contributed by atoms with Gasteiger partial charge in [-0.05, 0) is 60.9 Å². The van der Waals surface area contributed by atoms with Crippen LogP contribution in [0.3, 0.4) is 0 Å². The second-order valence-electron chi connectivity index (χ2n) is 12.0. The number of halogens is 1. The molecule has 0 saturated heterocycles. The minimum atomic E-state index is -4.37. The normalized spacial score (nSPS) is 14.0. The van der Waals surface area contributed by atoms with Crippen LogP contribution >= 0.6 is 0 Å². The molecule has 258 valence electrons. The Morgan fingerprint density at radius 3 is 2.16 bits per heavy atom. The molecule has 1 aliphatic rings. The Kier molecular flexibility index (Phi) is 11.9. The van der Waals surface area contributed by atoms with Crippen molar-refractivity contribution in [2.45, 2.75) is 62.0 Å². The Hall–Kier alpha value is -4.90. The van der Waals surface area contributed by atoms with E-state index in [2.05, 4.69) is 5.32 Å². The van der Waals surface area contributed by atoms with Crippen LogP contribution in [0.1, 0.15) is 43.2 Å². The fraction of sp³-hybridized carbons (Fsp3) is 0.316. The molecule has 0 aromatic heterocycles. The van der Waals surface area contributed by atoms with Gasteiger partial charge in [-0.1, -0.05) is 79.9 Å². The van der Waals surface area contributed by atoms with E-state index in [1.54, 1.807) is 42.5 Å². The zero-order chi connectivity index (χ0) is 34.8. The number of nitrogens with one attached hydrogen (secondary N) is 1. The van der Waals surface area contributed by atoms with Crippen LogP contribution in [0.4, 0.5) is 10.1 Å². The number of anilines is 1. The van der Waals surface area contributed by atoms with Crippen LogP contribution in [-0.2, 0) is 32.6 Å². The van der Waals surface area contributed by atoms with Gasteiger partial charge in [0.05, 0.1) is 24.8 Å². The molecule has 2 amide bonds. The topological polar surface area (TPSA) is 105 Å². The maximum absolute atomic E-state index is 15.2. The lowest BCUT2D eigenvalue weighted by Crippen LogP contribution is -2.55. The first-order chi connectivity index (χ1) is 23.7. The first-order valence-corrected chi connectivity index (χ1v) is 17.8. The van der Waals surface area contributed by atoms with E-state index >= 15 is 4.39 Å². The number of amides is 2. The van der Waals surface area contributed by atoms with Crippen molar-refractivity contribution in [3.63, 3.8) is 0 Å². The van der Waals surface area contributed by atoms with E-state index in [0.29, 0.717) is 5.75 Å². The van der Waals surface area contributed by atoms with Gasteiger partial charge in [-0.15, -0.1) is 0 Å². The van der Waals surface area contributed by atoms with Crippen molar-refractivity contribution in [1.29, 1.82) is 0 Å². The summed E-state index contributed by atoms with van der Waals surface area (Å²) in [6.45, 7) is -0.950. The summed E-state index contributed by atoms with van der Waals surface area (Å²) in [6.07, 6.45) is 4.87. The summed E-state index contributed by atoms with van der Waals surface area (Å²) in [4.78, 5) is 30.1. The summed E-state index contributed by atoms with van der Waals surface area (Å²) in [7, 11) is -1.49. The second kappa shape index (κ2) is 16.5. The van der Waals surface area contributed by atoms with Crippen molar-refractivity contribution in [3.8, 4) is 11.5 Å². The van der Waals surface area contributed by atoms with Crippen molar-refractivity contribution < 1.29 is 31.9 Å². The Balaban J connectivity index is 1.59. The number of methoxy groups -OCH3 is 2. The van der Waals surface area contributed by atoms with Crippen LogP contribution in [0.2, 0.25) is 0 Å². The molecule has 0 radical (unpaired) electrons. The van der Waals surface area contributed by atoms with Crippen molar-refractivity contribution in [2.75, 3.05) is 25.1 Å². The van der Waals surface area contributed by atoms with E-state index in [-0.39, 0.29) is 46.8 Å². The molecule has 0 aliphatic heterocycles. The molecule has 4 aromatic rings. The molecule has 11 heteroatoms. The minimum absolute atomic E-state index is 0.0505. The number of para-hydroxylation sites is 2. The van der Waals surface area contributed by atoms with Gasteiger partial charge in [-0.3, -0.25) is 13.9 Å². The summed E-state index contributed by atoms with van der Waals surface area (Å²) in [5.74, 6) is -0.918. The molecule has 4 aromatic carbocycles. The molecule has 1 fully saturated rings. The first kappa shape index (κ1) is 35.4. The highest BCUT2D eigenvalue weighted by molar-refractivity contribution is 7.92. The molecule has 1 N–H and O–H groups in total. The molecule has 49 heavy (non-hydrogen) atoms. The number of carbonyl (C=O) groups is 2. The van der Waals surface area contributed by atoms with Crippen molar-refractivity contribution >= 4 is 27.5 Å². The lowest BCUT2D eigenvalue weighted by Gasteiger charge is -2.35. The van der Waals surface area contributed by atoms with Crippen LogP contribution in [-0.4, -0.2) is 58.0 Å². The number of sulfonamides is 1. The Labute approximate surface area is 287 Å². The lowest BCUT2D eigenvalue weighted by atomic mass is 9.94. The quantitative estimate of drug-likeness (QED) is 0.171. The Morgan fingerprint density at radius 2 is 1.49 bits per heavy atom. The molecule has 1 saturated carbocycles. The molecule has 9 nitrogen and oxygen atoms in total. The van der Waals surface area contributed by atoms with Gasteiger partial charge in [0.2, 0.25) is 11.8 Å². The van der Waals surface area contributed by atoms with Crippen molar-refractivity contribution in [1.82, 2.24) is 10.2 Å². The van der Waals surface area contributed by atoms with Crippen LogP contribution < -0.4 is 19.1 Å². The highest BCUT2D eigenvalue weighted by Gasteiger charge is 2.36. The largest absolute Gasteiger partial charge is 0.497 e. The average molecular weight is 688 g/mol. The van der Waals surface area contributed by atoms with Crippen LogP contribution in [0.25, 0.3) is 0 Å². The van der Waals surface area contributed by atoms with Gasteiger partial charge in [-0.25, -0.2) is 12.8 Å². The van der Waals surface area contributed by atoms with Gasteiger partial charge in [0, 0.05) is 24.6 Å². The van der Waals surface area contributed by atoms with Crippen molar-refractivity contribution in [3.05, 3.63) is 120 Å². The maximum Gasteiger partial charge on any atom is 0.264 e. The molecule has 1 atom stereocenters. The number of ether oxygens (including phenoxy) is 2. The summed E-state index contributed by atoms with van der Waals surface area (Å²) in [5, 5.41) is 3.15.